The molecule has 4 nitrogen and oxygen atoms in total. The highest BCUT2D eigenvalue weighted by molar-refractivity contribution is 7.11. The van der Waals surface area contributed by atoms with Crippen LogP contribution in [0.5, 0.6) is 0 Å². The van der Waals surface area contributed by atoms with Crippen LogP contribution in [0.3, 0.4) is 0 Å². The van der Waals surface area contributed by atoms with Crippen molar-refractivity contribution < 1.29 is 9.53 Å². The van der Waals surface area contributed by atoms with Crippen molar-refractivity contribution in [3.8, 4) is 0 Å². The predicted octanol–water partition coefficient (Wildman–Crippen LogP) is 2.07. The number of amides is 1. The molecule has 1 aromatic heterocycles. The summed E-state index contributed by atoms with van der Waals surface area (Å²) < 4.78 is 4.96. The van der Waals surface area contributed by atoms with Crippen LogP contribution in [0.25, 0.3) is 0 Å². The first-order valence-corrected chi connectivity index (χ1v) is 4.66. The molecule has 0 unspecified atom stereocenters. The van der Waals surface area contributed by atoms with Crippen LogP contribution in [-0.4, -0.2) is 30.1 Å². The smallest absolute Gasteiger partial charge is 0.409 e. The molecule has 0 fully saturated rings. The van der Waals surface area contributed by atoms with Crippen LogP contribution in [0.15, 0.2) is 6.20 Å². The first-order chi connectivity index (χ1) is 6.09. The van der Waals surface area contributed by atoms with Gasteiger partial charge in [-0.25, -0.2) is 9.78 Å². The summed E-state index contributed by atoms with van der Waals surface area (Å²) in [6, 6.07) is 0. The third-order valence-electron chi connectivity index (χ3n) is 1.37. The second-order valence-electron chi connectivity index (χ2n) is 2.79. The lowest BCUT2D eigenvalue weighted by molar-refractivity contribution is 0.113. The maximum absolute atomic E-state index is 11.0. The fourth-order valence-corrected chi connectivity index (χ4v) is 1.44. The highest BCUT2D eigenvalue weighted by Gasteiger charge is 2.05. The number of carbonyl (C=O) groups is 1. The zero-order valence-electron chi connectivity index (χ0n) is 8.31. The van der Waals surface area contributed by atoms with Gasteiger partial charge in [0.05, 0.1) is 9.88 Å². The highest BCUT2D eigenvalue weighted by Crippen LogP contribution is 2.12. The molecule has 0 saturated carbocycles. The number of carbonyl (C=O) groups excluding carboxylic acids is 1. The number of halogens is 1. The molecule has 1 heterocycles. The minimum Gasteiger partial charge on any atom is -0.444 e. The van der Waals surface area contributed by atoms with E-state index in [0.717, 1.165) is 9.88 Å². The molecule has 0 radical (unpaired) electrons. The molecule has 1 amide bonds. The van der Waals surface area contributed by atoms with Gasteiger partial charge in [0.2, 0.25) is 0 Å². The number of rotatable bonds is 2. The number of nitrogens with zero attached hydrogens (tertiary/aromatic N) is 2. The van der Waals surface area contributed by atoms with E-state index in [0.29, 0.717) is 6.61 Å². The number of aryl methyl sites for hydroxylation is 1. The van der Waals surface area contributed by atoms with Gasteiger partial charge in [0.1, 0.15) is 6.61 Å². The van der Waals surface area contributed by atoms with Crippen molar-refractivity contribution in [2.45, 2.75) is 13.5 Å². The molecule has 0 N–H and O–H groups in total. The van der Waals surface area contributed by atoms with Gasteiger partial charge in [-0.05, 0) is 6.92 Å². The second kappa shape index (κ2) is 5.82. The molecule has 0 spiro atoms. The molecule has 6 heteroatoms. The van der Waals surface area contributed by atoms with E-state index in [-0.39, 0.29) is 18.5 Å². The number of aromatic nitrogens is 1. The average molecular weight is 237 g/mol. The fraction of sp³-hybridized carbons (Fsp3) is 0.500. The summed E-state index contributed by atoms with van der Waals surface area (Å²) in [7, 11) is 3.31. The maximum atomic E-state index is 11.0. The first kappa shape index (κ1) is 13.2. The zero-order valence-corrected chi connectivity index (χ0v) is 9.94. The Kier molecular flexibility index (Phi) is 5.49. The molecule has 0 aliphatic heterocycles. The molecule has 0 aliphatic rings. The van der Waals surface area contributed by atoms with E-state index in [1.807, 2.05) is 6.92 Å². The van der Waals surface area contributed by atoms with E-state index in [9.17, 15) is 4.79 Å². The molecule has 0 bridgehead atoms. The van der Waals surface area contributed by atoms with E-state index in [1.165, 1.54) is 16.2 Å². The van der Waals surface area contributed by atoms with E-state index in [4.69, 9.17) is 4.74 Å². The number of hydrogen-bond donors (Lipinski definition) is 0. The molecule has 0 aromatic carbocycles. The van der Waals surface area contributed by atoms with Crippen LogP contribution in [0, 0.1) is 6.92 Å². The van der Waals surface area contributed by atoms with E-state index < -0.39 is 0 Å². The average Bonchev–Trinajstić information content (AvgIpc) is 2.47. The van der Waals surface area contributed by atoms with Crippen LogP contribution < -0.4 is 0 Å². The summed E-state index contributed by atoms with van der Waals surface area (Å²) in [5, 5.41) is 0.982. The van der Waals surface area contributed by atoms with Crippen molar-refractivity contribution in [1.29, 1.82) is 0 Å². The monoisotopic (exact) mass is 236 g/mol. The lowest BCUT2D eigenvalue weighted by atomic mass is 10.6. The minimum atomic E-state index is -0.328. The highest BCUT2D eigenvalue weighted by atomic mass is 35.5. The third-order valence-corrected chi connectivity index (χ3v) is 2.26. The van der Waals surface area contributed by atoms with Gasteiger partial charge in [-0.3, -0.25) is 0 Å². The first-order valence-electron chi connectivity index (χ1n) is 3.85. The molecule has 1 aromatic rings. The molecule has 0 atom stereocenters. The molecule has 0 saturated heterocycles. The zero-order chi connectivity index (χ0) is 9.84. The van der Waals surface area contributed by atoms with Crippen molar-refractivity contribution in [3.63, 3.8) is 0 Å². The Morgan fingerprint density at radius 3 is 2.71 bits per heavy atom. The van der Waals surface area contributed by atoms with Crippen molar-refractivity contribution >= 4 is 29.8 Å². The SMILES string of the molecule is Cc1ncc(COC(=O)N(C)C)s1.Cl. The van der Waals surface area contributed by atoms with Crippen LogP contribution in [-0.2, 0) is 11.3 Å². The lowest BCUT2D eigenvalue weighted by Gasteiger charge is -2.09. The number of ether oxygens (including phenoxy) is 1. The summed E-state index contributed by atoms with van der Waals surface area (Å²) >= 11 is 1.53. The van der Waals surface area contributed by atoms with E-state index in [1.54, 1.807) is 20.3 Å². The Hall–Kier alpha value is -0.810. The van der Waals surface area contributed by atoms with Crippen LogP contribution in [0.2, 0.25) is 0 Å². The summed E-state index contributed by atoms with van der Waals surface area (Å²) in [5.74, 6) is 0. The third kappa shape index (κ3) is 3.93. The normalized spacial score (nSPS) is 9.07. The summed E-state index contributed by atoms with van der Waals surface area (Å²) in [5.41, 5.74) is 0. The lowest BCUT2D eigenvalue weighted by Crippen LogP contribution is -2.22. The van der Waals surface area contributed by atoms with Gasteiger partial charge in [-0.15, -0.1) is 23.7 Å². The Morgan fingerprint density at radius 1 is 1.64 bits per heavy atom. The number of thiazole rings is 1. The summed E-state index contributed by atoms with van der Waals surface area (Å²) in [6.07, 6.45) is 1.40. The van der Waals surface area contributed by atoms with Crippen molar-refractivity contribution in [2.75, 3.05) is 14.1 Å². The maximum Gasteiger partial charge on any atom is 0.409 e. The Balaban J connectivity index is 0.00000169. The van der Waals surface area contributed by atoms with Crippen molar-refractivity contribution in [3.05, 3.63) is 16.1 Å². The van der Waals surface area contributed by atoms with Crippen LogP contribution in [0.1, 0.15) is 9.88 Å². The Bertz CT molecular complexity index is 301. The van der Waals surface area contributed by atoms with Gasteiger partial charge in [-0.2, -0.15) is 0 Å². The predicted molar refractivity (Wildman–Crippen MR) is 58.0 cm³/mol. The standard InChI is InChI=1S/C8H12N2O2S.ClH/c1-6-9-4-7(13-6)5-12-8(11)10(2)3;/h4H,5H2,1-3H3;1H. The van der Waals surface area contributed by atoms with Gasteiger partial charge >= 0.3 is 6.09 Å². The van der Waals surface area contributed by atoms with Crippen LogP contribution in [0.4, 0.5) is 4.79 Å². The van der Waals surface area contributed by atoms with Gasteiger partial charge in [0, 0.05) is 20.3 Å². The van der Waals surface area contributed by atoms with Gasteiger partial charge in [0.15, 0.2) is 0 Å². The summed E-state index contributed by atoms with van der Waals surface area (Å²) in [6.45, 7) is 2.23. The van der Waals surface area contributed by atoms with Crippen LogP contribution >= 0.6 is 23.7 Å². The molecule has 80 valence electrons. The molecule has 0 aliphatic carbocycles. The Labute approximate surface area is 93.3 Å². The number of hydrogen-bond acceptors (Lipinski definition) is 4. The molecule has 1 rings (SSSR count). The molecular weight excluding hydrogens is 224 g/mol. The van der Waals surface area contributed by atoms with Crippen molar-refractivity contribution in [1.82, 2.24) is 9.88 Å². The summed E-state index contributed by atoms with van der Waals surface area (Å²) in [4.78, 5) is 17.4. The van der Waals surface area contributed by atoms with Crippen molar-refractivity contribution in [2.24, 2.45) is 0 Å². The second-order valence-corrected chi connectivity index (χ2v) is 4.11. The minimum absolute atomic E-state index is 0. The van der Waals surface area contributed by atoms with Gasteiger partial charge in [-0.1, -0.05) is 0 Å². The van der Waals surface area contributed by atoms with E-state index >= 15 is 0 Å². The van der Waals surface area contributed by atoms with E-state index in [2.05, 4.69) is 4.98 Å². The molecular formula is C8H13ClN2O2S. The quantitative estimate of drug-likeness (QED) is 0.790. The largest absolute Gasteiger partial charge is 0.444 e. The fourth-order valence-electron chi connectivity index (χ4n) is 0.734. The molecule has 14 heavy (non-hydrogen) atoms. The van der Waals surface area contributed by atoms with Gasteiger partial charge in [0.25, 0.3) is 0 Å². The topological polar surface area (TPSA) is 42.4 Å². The van der Waals surface area contributed by atoms with Gasteiger partial charge < -0.3 is 9.64 Å². The Morgan fingerprint density at radius 2 is 2.29 bits per heavy atom.